The lowest BCUT2D eigenvalue weighted by molar-refractivity contribution is 0.161. The maximum absolute atomic E-state index is 8.36. The van der Waals surface area contributed by atoms with Gasteiger partial charge in [-0.1, -0.05) is 12.1 Å². The maximum Gasteiger partial charge on any atom is 0.118 e. The molecular formula is C8H11NO2. The average molecular weight is 153 g/mol. The third-order valence-corrected chi connectivity index (χ3v) is 1.44. The van der Waals surface area contributed by atoms with Gasteiger partial charge >= 0.3 is 0 Å². The van der Waals surface area contributed by atoms with Crippen molar-refractivity contribution < 1.29 is 9.94 Å². The predicted octanol–water partition coefficient (Wildman–Crippen LogP) is 1.17. The van der Waals surface area contributed by atoms with Crippen LogP contribution in [0.1, 0.15) is 5.56 Å². The highest BCUT2D eigenvalue weighted by atomic mass is 16.5. The standard InChI is InChI=1S/C8H11NO2/c1-11-8-4-2-7(3-5-8)6-9-10/h2-5,9-10H,6H2,1H3. The Morgan fingerprint density at radius 2 is 2.00 bits per heavy atom. The molecule has 1 rings (SSSR count). The highest BCUT2D eigenvalue weighted by molar-refractivity contribution is 5.26. The van der Waals surface area contributed by atoms with Gasteiger partial charge in [0.15, 0.2) is 0 Å². The Labute approximate surface area is 65.6 Å². The molecule has 3 heteroatoms. The molecule has 3 nitrogen and oxygen atoms in total. The van der Waals surface area contributed by atoms with Gasteiger partial charge in [0.1, 0.15) is 5.75 Å². The van der Waals surface area contributed by atoms with Gasteiger partial charge in [-0.25, -0.2) is 5.48 Å². The fourth-order valence-electron chi connectivity index (χ4n) is 0.835. The Bertz CT molecular complexity index is 208. The topological polar surface area (TPSA) is 41.5 Å². The Hall–Kier alpha value is -1.06. The van der Waals surface area contributed by atoms with Crippen molar-refractivity contribution >= 4 is 0 Å². The number of benzene rings is 1. The molecule has 0 spiro atoms. The van der Waals surface area contributed by atoms with E-state index in [9.17, 15) is 0 Å². The molecule has 0 unspecified atom stereocenters. The Morgan fingerprint density at radius 1 is 1.36 bits per heavy atom. The molecule has 0 saturated carbocycles. The highest BCUT2D eigenvalue weighted by Crippen LogP contribution is 2.10. The van der Waals surface area contributed by atoms with Crippen molar-refractivity contribution in [3.8, 4) is 5.75 Å². The van der Waals surface area contributed by atoms with Gasteiger partial charge in [0.2, 0.25) is 0 Å². The van der Waals surface area contributed by atoms with Gasteiger partial charge < -0.3 is 9.94 Å². The van der Waals surface area contributed by atoms with E-state index in [0.29, 0.717) is 6.54 Å². The van der Waals surface area contributed by atoms with Crippen LogP contribution in [0.3, 0.4) is 0 Å². The van der Waals surface area contributed by atoms with E-state index >= 15 is 0 Å². The molecule has 0 saturated heterocycles. The lowest BCUT2D eigenvalue weighted by Gasteiger charge is -2.01. The quantitative estimate of drug-likeness (QED) is 0.640. The molecule has 2 N–H and O–H groups in total. The molecule has 0 aromatic heterocycles. The van der Waals surface area contributed by atoms with Crippen LogP contribution in [0.25, 0.3) is 0 Å². The number of hydrogen-bond donors (Lipinski definition) is 2. The monoisotopic (exact) mass is 153 g/mol. The van der Waals surface area contributed by atoms with E-state index in [0.717, 1.165) is 11.3 Å². The van der Waals surface area contributed by atoms with Crippen molar-refractivity contribution in [2.75, 3.05) is 7.11 Å². The molecule has 11 heavy (non-hydrogen) atoms. The van der Waals surface area contributed by atoms with Crippen molar-refractivity contribution in [1.29, 1.82) is 0 Å². The van der Waals surface area contributed by atoms with Gasteiger partial charge in [0, 0.05) is 6.54 Å². The van der Waals surface area contributed by atoms with Crippen LogP contribution in [0, 0.1) is 0 Å². The number of nitrogens with one attached hydrogen (secondary N) is 1. The van der Waals surface area contributed by atoms with Crippen LogP contribution < -0.4 is 10.2 Å². The third kappa shape index (κ3) is 2.22. The summed E-state index contributed by atoms with van der Waals surface area (Å²) in [6.07, 6.45) is 0. The number of methoxy groups -OCH3 is 1. The van der Waals surface area contributed by atoms with Gasteiger partial charge in [-0.2, -0.15) is 0 Å². The van der Waals surface area contributed by atoms with Crippen LogP contribution in [0.4, 0.5) is 0 Å². The van der Waals surface area contributed by atoms with Crippen molar-refractivity contribution in [3.63, 3.8) is 0 Å². The lowest BCUT2D eigenvalue weighted by atomic mass is 10.2. The van der Waals surface area contributed by atoms with Gasteiger partial charge in [-0.15, -0.1) is 0 Å². The largest absolute Gasteiger partial charge is 0.497 e. The second kappa shape index (κ2) is 3.95. The molecule has 0 amide bonds. The first kappa shape index (κ1) is 8.04. The molecule has 0 aliphatic rings. The van der Waals surface area contributed by atoms with Crippen molar-refractivity contribution in [2.45, 2.75) is 6.54 Å². The zero-order valence-corrected chi connectivity index (χ0v) is 6.37. The van der Waals surface area contributed by atoms with E-state index < -0.39 is 0 Å². The summed E-state index contributed by atoms with van der Waals surface area (Å²) in [6.45, 7) is 0.462. The SMILES string of the molecule is COc1ccc(CNO)cc1. The number of hydroxylamine groups is 1. The lowest BCUT2D eigenvalue weighted by Crippen LogP contribution is -2.05. The fraction of sp³-hybridized carbons (Fsp3) is 0.250. The van der Waals surface area contributed by atoms with E-state index in [1.807, 2.05) is 24.3 Å². The zero-order chi connectivity index (χ0) is 8.10. The summed E-state index contributed by atoms with van der Waals surface area (Å²) >= 11 is 0. The predicted molar refractivity (Wildman–Crippen MR) is 41.6 cm³/mol. The normalized spacial score (nSPS) is 9.64. The first-order valence-electron chi connectivity index (χ1n) is 3.36. The molecular weight excluding hydrogens is 142 g/mol. The summed E-state index contributed by atoms with van der Waals surface area (Å²) in [6, 6.07) is 7.49. The smallest absolute Gasteiger partial charge is 0.118 e. The summed E-state index contributed by atoms with van der Waals surface area (Å²) in [7, 11) is 1.62. The molecule has 1 aromatic rings. The number of ether oxygens (including phenoxy) is 1. The van der Waals surface area contributed by atoms with Crippen LogP contribution in [-0.4, -0.2) is 12.3 Å². The molecule has 0 aliphatic carbocycles. The van der Waals surface area contributed by atoms with Crippen LogP contribution in [0.5, 0.6) is 5.75 Å². The minimum absolute atomic E-state index is 0.462. The summed E-state index contributed by atoms with van der Waals surface area (Å²) < 4.78 is 4.96. The Balaban J connectivity index is 2.66. The second-order valence-electron chi connectivity index (χ2n) is 2.18. The number of rotatable bonds is 3. The molecule has 0 atom stereocenters. The summed E-state index contributed by atoms with van der Waals surface area (Å²) in [5, 5.41) is 8.36. The van der Waals surface area contributed by atoms with Crippen LogP contribution in [0.15, 0.2) is 24.3 Å². The molecule has 0 bridgehead atoms. The second-order valence-corrected chi connectivity index (χ2v) is 2.18. The molecule has 0 aliphatic heterocycles. The summed E-state index contributed by atoms with van der Waals surface area (Å²) in [5.74, 6) is 0.826. The van der Waals surface area contributed by atoms with E-state index in [-0.39, 0.29) is 0 Å². The van der Waals surface area contributed by atoms with Crippen molar-refractivity contribution in [3.05, 3.63) is 29.8 Å². The van der Waals surface area contributed by atoms with Gasteiger partial charge in [-0.05, 0) is 17.7 Å². The molecule has 60 valence electrons. The minimum Gasteiger partial charge on any atom is -0.497 e. The minimum atomic E-state index is 0.462. The average Bonchev–Trinajstić information content (AvgIpc) is 2.07. The van der Waals surface area contributed by atoms with E-state index in [2.05, 4.69) is 5.48 Å². The number of hydrogen-bond acceptors (Lipinski definition) is 3. The van der Waals surface area contributed by atoms with E-state index in [4.69, 9.17) is 9.94 Å². The van der Waals surface area contributed by atoms with Crippen LogP contribution >= 0.6 is 0 Å². The maximum atomic E-state index is 8.36. The fourth-order valence-corrected chi connectivity index (χ4v) is 0.835. The van der Waals surface area contributed by atoms with Crippen molar-refractivity contribution in [2.24, 2.45) is 0 Å². The summed E-state index contributed by atoms with van der Waals surface area (Å²) in [5.41, 5.74) is 3.10. The first-order chi connectivity index (χ1) is 5.36. The van der Waals surface area contributed by atoms with Gasteiger partial charge in [0.05, 0.1) is 7.11 Å². The van der Waals surface area contributed by atoms with Gasteiger partial charge in [0.25, 0.3) is 0 Å². The zero-order valence-electron chi connectivity index (χ0n) is 6.37. The van der Waals surface area contributed by atoms with Crippen LogP contribution in [0.2, 0.25) is 0 Å². The Kier molecular flexibility index (Phi) is 2.89. The van der Waals surface area contributed by atoms with E-state index in [1.54, 1.807) is 7.11 Å². The molecule has 0 fully saturated rings. The van der Waals surface area contributed by atoms with Crippen LogP contribution in [-0.2, 0) is 6.54 Å². The van der Waals surface area contributed by atoms with Crippen molar-refractivity contribution in [1.82, 2.24) is 5.48 Å². The molecule has 0 radical (unpaired) electrons. The Morgan fingerprint density at radius 3 is 2.45 bits per heavy atom. The third-order valence-electron chi connectivity index (χ3n) is 1.44. The van der Waals surface area contributed by atoms with Gasteiger partial charge in [-0.3, -0.25) is 0 Å². The summed E-state index contributed by atoms with van der Waals surface area (Å²) in [4.78, 5) is 0. The molecule has 1 aromatic carbocycles. The highest BCUT2D eigenvalue weighted by Gasteiger charge is 1.91. The van der Waals surface area contributed by atoms with E-state index in [1.165, 1.54) is 0 Å². The molecule has 0 heterocycles. The first-order valence-corrected chi connectivity index (χ1v) is 3.36.